The number of nitrogens with one attached hydrogen (secondary N) is 1. The molecule has 0 fully saturated rings. The van der Waals surface area contributed by atoms with E-state index in [1.165, 1.54) is 6.07 Å². The van der Waals surface area contributed by atoms with Gasteiger partial charge < -0.3 is 5.32 Å². The van der Waals surface area contributed by atoms with E-state index in [9.17, 15) is 17.6 Å². The number of rotatable bonds is 3. The molecule has 0 saturated heterocycles. The van der Waals surface area contributed by atoms with Crippen molar-refractivity contribution in [2.24, 2.45) is 0 Å². The van der Waals surface area contributed by atoms with Crippen LogP contribution in [0.5, 0.6) is 0 Å². The molecule has 2 rings (SSSR count). The van der Waals surface area contributed by atoms with E-state index in [0.717, 1.165) is 12.3 Å². The fourth-order valence-corrected chi connectivity index (χ4v) is 2.33. The van der Waals surface area contributed by atoms with Gasteiger partial charge in [0, 0.05) is 11.8 Å². The summed E-state index contributed by atoms with van der Waals surface area (Å²) in [6.07, 6.45) is -3.70. The predicted molar refractivity (Wildman–Crippen MR) is 74.2 cm³/mol. The van der Waals surface area contributed by atoms with Crippen molar-refractivity contribution in [1.29, 1.82) is 0 Å². The van der Waals surface area contributed by atoms with Gasteiger partial charge in [0.1, 0.15) is 5.82 Å². The summed E-state index contributed by atoms with van der Waals surface area (Å²) >= 11 is 3.08. The van der Waals surface area contributed by atoms with Crippen molar-refractivity contribution in [3.8, 4) is 0 Å². The smallest absolute Gasteiger partial charge is 0.308 e. The maximum atomic E-state index is 14.1. The van der Waals surface area contributed by atoms with Crippen LogP contribution in [-0.4, -0.2) is 12.0 Å². The van der Waals surface area contributed by atoms with Gasteiger partial charge in [0.15, 0.2) is 0 Å². The standard InChI is InChI=1S/C14H11BrF4N2/c1-20-13(9-3-2-4-10(15)12(9)16)11-6-5-8(7-21-11)14(17,18)19/h2-7,13,20H,1H3. The molecule has 2 aromatic rings. The molecule has 0 aliphatic heterocycles. The van der Waals surface area contributed by atoms with Crippen LogP contribution in [0.1, 0.15) is 22.9 Å². The largest absolute Gasteiger partial charge is 0.417 e. The molecule has 21 heavy (non-hydrogen) atoms. The fourth-order valence-electron chi connectivity index (χ4n) is 1.95. The Morgan fingerprint density at radius 2 is 1.90 bits per heavy atom. The van der Waals surface area contributed by atoms with Gasteiger partial charge in [-0.3, -0.25) is 4.98 Å². The Morgan fingerprint density at radius 1 is 1.19 bits per heavy atom. The van der Waals surface area contributed by atoms with Crippen LogP contribution in [0.3, 0.4) is 0 Å². The van der Waals surface area contributed by atoms with Crippen molar-refractivity contribution in [3.05, 3.63) is 63.6 Å². The zero-order valence-corrected chi connectivity index (χ0v) is 12.5. The van der Waals surface area contributed by atoms with Gasteiger partial charge in [-0.15, -0.1) is 0 Å². The molecule has 0 amide bonds. The Labute approximate surface area is 127 Å². The molecule has 0 radical (unpaired) electrons. The zero-order valence-electron chi connectivity index (χ0n) is 10.9. The van der Waals surface area contributed by atoms with Crippen LogP contribution < -0.4 is 5.32 Å². The summed E-state index contributed by atoms with van der Waals surface area (Å²) in [6, 6.07) is 6.29. The van der Waals surface area contributed by atoms with E-state index >= 15 is 0 Å². The Bertz CT molecular complexity index is 626. The van der Waals surface area contributed by atoms with E-state index in [2.05, 4.69) is 26.2 Å². The monoisotopic (exact) mass is 362 g/mol. The molecule has 0 bridgehead atoms. The van der Waals surface area contributed by atoms with Gasteiger partial charge in [-0.2, -0.15) is 13.2 Å². The summed E-state index contributed by atoms with van der Waals surface area (Å²) in [7, 11) is 1.59. The van der Waals surface area contributed by atoms with Crippen molar-refractivity contribution in [3.63, 3.8) is 0 Å². The average molecular weight is 363 g/mol. The van der Waals surface area contributed by atoms with Crippen LogP contribution in [0.15, 0.2) is 41.0 Å². The summed E-state index contributed by atoms with van der Waals surface area (Å²) < 4.78 is 51.9. The molecule has 1 unspecified atom stereocenters. The lowest BCUT2D eigenvalue weighted by Gasteiger charge is -2.18. The van der Waals surface area contributed by atoms with Crippen LogP contribution in [0.4, 0.5) is 17.6 Å². The third-order valence-electron chi connectivity index (χ3n) is 2.99. The Kier molecular flexibility index (Phi) is 4.63. The Morgan fingerprint density at radius 3 is 2.43 bits per heavy atom. The van der Waals surface area contributed by atoms with Gasteiger partial charge in [-0.25, -0.2) is 4.39 Å². The molecule has 1 aromatic heterocycles. The second-order valence-corrected chi connectivity index (χ2v) is 5.19. The molecular formula is C14H11BrF4N2. The minimum atomic E-state index is -4.44. The first-order chi connectivity index (χ1) is 9.84. The number of pyridine rings is 1. The lowest BCUT2D eigenvalue weighted by Crippen LogP contribution is -2.20. The Hall–Kier alpha value is -1.47. The third-order valence-corrected chi connectivity index (χ3v) is 3.60. The van der Waals surface area contributed by atoms with Gasteiger partial charge >= 0.3 is 6.18 Å². The minimum Gasteiger partial charge on any atom is -0.308 e. The van der Waals surface area contributed by atoms with Crippen LogP contribution >= 0.6 is 15.9 Å². The van der Waals surface area contributed by atoms with Crippen molar-refractivity contribution in [2.75, 3.05) is 7.05 Å². The van der Waals surface area contributed by atoms with Crippen LogP contribution in [0.2, 0.25) is 0 Å². The predicted octanol–water partition coefficient (Wildman–Crippen LogP) is 4.31. The van der Waals surface area contributed by atoms with E-state index < -0.39 is 23.6 Å². The highest BCUT2D eigenvalue weighted by molar-refractivity contribution is 9.10. The fraction of sp³-hybridized carbons (Fsp3) is 0.214. The van der Waals surface area contributed by atoms with E-state index in [1.807, 2.05) is 0 Å². The zero-order chi connectivity index (χ0) is 15.6. The first-order valence-electron chi connectivity index (χ1n) is 5.99. The van der Waals surface area contributed by atoms with Gasteiger partial charge in [0.25, 0.3) is 0 Å². The maximum Gasteiger partial charge on any atom is 0.417 e. The van der Waals surface area contributed by atoms with Gasteiger partial charge in [-0.05, 0) is 41.2 Å². The summed E-state index contributed by atoms with van der Waals surface area (Å²) in [6.45, 7) is 0. The summed E-state index contributed by atoms with van der Waals surface area (Å²) in [5.74, 6) is -0.474. The summed E-state index contributed by atoms with van der Waals surface area (Å²) in [5.41, 5.74) is -0.225. The summed E-state index contributed by atoms with van der Waals surface area (Å²) in [4.78, 5) is 3.80. The SMILES string of the molecule is CNC(c1ccc(C(F)(F)F)cn1)c1cccc(Br)c1F. The highest BCUT2D eigenvalue weighted by Crippen LogP contribution is 2.31. The van der Waals surface area contributed by atoms with E-state index in [1.54, 1.807) is 25.2 Å². The number of hydrogen-bond donors (Lipinski definition) is 1. The summed E-state index contributed by atoms with van der Waals surface area (Å²) in [5, 5.41) is 2.86. The molecule has 1 N–H and O–H groups in total. The van der Waals surface area contributed by atoms with E-state index in [-0.39, 0.29) is 4.47 Å². The molecule has 0 aliphatic carbocycles. The normalized spacial score (nSPS) is 13.2. The third kappa shape index (κ3) is 3.41. The van der Waals surface area contributed by atoms with Gasteiger partial charge in [0.05, 0.1) is 21.8 Å². The Balaban J connectivity index is 2.40. The van der Waals surface area contributed by atoms with Crippen molar-refractivity contribution in [1.82, 2.24) is 10.3 Å². The first-order valence-corrected chi connectivity index (χ1v) is 6.78. The molecule has 1 atom stereocenters. The number of hydrogen-bond acceptors (Lipinski definition) is 2. The second-order valence-electron chi connectivity index (χ2n) is 4.33. The molecule has 0 spiro atoms. The molecule has 7 heteroatoms. The highest BCUT2D eigenvalue weighted by Gasteiger charge is 2.31. The number of halogens is 5. The molecule has 0 aliphatic rings. The van der Waals surface area contributed by atoms with Crippen LogP contribution in [-0.2, 0) is 6.18 Å². The maximum absolute atomic E-state index is 14.1. The average Bonchev–Trinajstić information content (AvgIpc) is 2.44. The number of benzene rings is 1. The van der Waals surface area contributed by atoms with Crippen LogP contribution in [0, 0.1) is 5.82 Å². The number of nitrogens with zero attached hydrogens (tertiary/aromatic N) is 1. The van der Waals surface area contributed by atoms with Gasteiger partial charge in [0.2, 0.25) is 0 Å². The van der Waals surface area contributed by atoms with Crippen molar-refractivity contribution in [2.45, 2.75) is 12.2 Å². The molecule has 1 aromatic carbocycles. The van der Waals surface area contributed by atoms with E-state index in [0.29, 0.717) is 11.3 Å². The van der Waals surface area contributed by atoms with Crippen molar-refractivity contribution >= 4 is 15.9 Å². The topological polar surface area (TPSA) is 24.9 Å². The second kappa shape index (κ2) is 6.11. The number of alkyl halides is 3. The van der Waals surface area contributed by atoms with Gasteiger partial charge in [-0.1, -0.05) is 12.1 Å². The lowest BCUT2D eigenvalue weighted by molar-refractivity contribution is -0.137. The molecule has 0 saturated carbocycles. The number of aromatic nitrogens is 1. The minimum absolute atomic E-state index is 0.284. The molecule has 112 valence electrons. The van der Waals surface area contributed by atoms with Crippen molar-refractivity contribution < 1.29 is 17.6 Å². The molecule has 1 heterocycles. The van der Waals surface area contributed by atoms with Crippen LogP contribution in [0.25, 0.3) is 0 Å². The highest BCUT2D eigenvalue weighted by atomic mass is 79.9. The lowest BCUT2D eigenvalue weighted by atomic mass is 10.0. The molecular weight excluding hydrogens is 352 g/mol. The first kappa shape index (κ1) is 15.9. The molecule has 2 nitrogen and oxygen atoms in total. The quantitative estimate of drug-likeness (QED) is 0.823. The van der Waals surface area contributed by atoms with E-state index in [4.69, 9.17) is 0 Å².